The van der Waals surface area contributed by atoms with Gasteiger partial charge in [0.25, 0.3) is 0 Å². The Bertz CT molecular complexity index is 1440. The molecule has 0 spiro atoms. The molecular formula is C27H32N6O3. The molecule has 0 amide bonds. The third-order valence-electron chi connectivity index (χ3n) is 6.58. The zero-order chi connectivity index (χ0) is 25.4. The van der Waals surface area contributed by atoms with E-state index in [0.717, 1.165) is 35.5 Å². The lowest BCUT2D eigenvalue weighted by molar-refractivity contribution is 0.00584. The van der Waals surface area contributed by atoms with Gasteiger partial charge in [0.05, 0.1) is 30.8 Å². The van der Waals surface area contributed by atoms with E-state index in [9.17, 15) is 9.59 Å². The highest BCUT2D eigenvalue weighted by atomic mass is 16.6. The van der Waals surface area contributed by atoms with Crippen molar-refractivity contribution >= 4 is 17.1 Å². The molecule has 1 saturated heterocycles. The molecule has 1 aliphatic heterocycles. The molecule has 4 heterocycles. The predicted molar refractivity (Wildman–Crippen MR) is 137 cm³/mol. The number of likely N-dealkylation sites (tertiary alicyclic amines) is 1. The van der Waals surface area contributed by atoms with Crippen LogP contribution in [0.4, 0.5) is 0 Å². The minimum absolute atomic E-state index is 0.0116. The van der Waals surface area contributed by atoms with Crippen molar-refractivity contribution in [1.82, 2.24) is 28.6 Å². The topological polar surface area (TPSA) is 87.2 Å². The number of pyridine rings is 1. The van der Waals surface area contributed by atoms with Crippen LogP contribution in [0.15, 0.2) is 59.7 Å². The highest BCUT2D eigenvalue weighted by Gasteiger charge is 2.30. The van der Waals surface area contributed by atoms with Crippen LogP contribution < -0.4 is 5.69 Å². The van der Waals surface area contributed by atoms with E-state index in [1.165, 1.54) is 0 Å². The van der Waals surface area contributed by atoms with E-state index in [1.807, 2.05) is 79.4 Å². The molecule has 36 heavy (non-hydrogen) atoms. The van der Waals surface area contributed by atoms with Gasteiger partial charge in [-0.3, -0.25) is 14.0 Å². The zero-order valence-electron chi connectivity index (χ0n) is 21.2. The lowest BCUT2D eigenvalue weighted by atomic mass is 10.2. The molecule has 188 valence electrons. The maximum absolute atomic E-state index is 13.6. The van der Waals surface area contributed by atoms with Gasteiger partial charge >= 0.3 is 11.7 Å². The van der Waals surface area contributed by atoms with Crippen LogP contribution in [0.25, 0.3) is 11.2 Å². The Hall–Kier alpha value is -3.72. The number of nitrogens with zero attached hydrogens (tertiary/aromatic N) is 6. The Labute approximate surface area is 210 Å². The molecule has 0 N–H and O–H groups in total. The molecule has 1 aliphatic rings. The number of fused-ring (bicyclic) bond motifs is 1. The average molecular weight is 489 g/mol. The molecule has 0 bridgehead atoms. The Kier molecular flexibility index (Phi) is 6.26. The summed E-state index contributed by atoms with van der Waals surface area (Å²) in [6, 6.07) is 13.8. The summed E-state index contributed by atoms with van der Waals surface area (Å²) >= 11 is 0. The van der Waals surface area contributed by atoms with Gasteiger partial charge in [0.2, 0.25) is 0 Å². The Morgan fingerprint density at radius 1 is 1.08 bits per heavy atom. The van der Waals surface area contributed by atoms with Gasteiger partial charge in [0, 0.05) is 26.3 Å². The number of carbonyl (C=O) groups is 1. The fourth-order valence-corrected chi connectivity index (χ4v) is 4.84. The molecular weight excluding hydrogens is 456 g/mol. The van der Waals surface area contributed by atoms with Crippen molar-refractivity contribution in [3.05, 3.63) is 82.4 Å². The van der Waals surface area contributed by atoms with Crippen LogP contribution in [0.1, 0.15) is 55.1 Å². The Morgan fingerprint density at radius 2 is 1.86 bits per heavy atom. The largest absolute Gasteiger partial charge is 0.455 e. The van der Waals surface area contributed by atoms with Crippen molar-refractivity contribution in [3.63, 3.8) is 0 Å². The second kappa shape index (κ2) is 9.39. The molecule has 0 aliphatic carbocycles. The molecule has 0 radical (unpaired) electrons. The highest BCUT2D eigenvalue weighted by molar-refractivity contribution is 5.87. The number of benzene rings is 1. The Balaban J connectivity index is 1.36. The van der Waals surface area contributed by atoms with E-state index in [2.05, 4.69) is 14.9 Å². The number of rotatable bonds is 6. The summed E-state index contributed by atoms with van der Waals surface area (Å²) in [4.78, 5) is 37.4. The van der Waals surface area contributed by atoms with Crippen LogP contribution >= 0.6 is 0 Å². The maximum atomic E-state index is 13.6. The summed E-state index contributed by atoms with van der Waals surface area (Å²) in [6.45, 7) is 8.16. The smallest absolute Gasteiger partial charge is 0.357 e. The van der Waals surface area contributed by atoms with Crippen molar-refractivity contribution in [2.45, 2.75) is 51.9 Å². The Morgan fingerprint density at radius 3 is 2.61 bits per heavy atom. The number of ether oxygens (including phenoxy) is 1. The van der Waals surface area contributed by atoms with Crippen molar-refractivity contribution in [2.75, 3.05) is 13.1 Å². The second-order valence-electron chi connectivity index (χ2n) is 10.4. The van der Waals surface area contributed by atoms with Crippen molar-refractivity contribution < 1.29 is 9.53 Å². The van der Waals surface area contributed by atoms with E-state index in [1.54, 1.807) is 17.0 Å². The molecule has 1 aromatic carbocycles. The number of hydrogen-bond donors (Lipinski definition) is 0. The number of imidazole rings is 2. The van der Waals surface area contributed by atoms with Gasteiger partial charge in [-0.05, 0) is 44.9 Å². The van der Waals surface area contributed by atoms with Gasteiger partial charge in [-0.15, -0.1) is 0 Å². The normalized spacial score (nSPS) is 16.6. The maximum Gasteiger partial charge on any atom is 0.357 e. The summed E-state index contributed by atoms with van der Waals surface area (Å²) in [6.07, 6.45) is 4.15. The van der Waals surface area contributed by atoms with E-state index in [0.29, 0.717) is 25.3 Å². The van der Waals surface area contributed by atoms with Crippen LogP contribution in [-0.4, -0.2) is 53.2 Å². The third-order valence-corrected chi connectivity index (χ3v) is 6.58. The molecule has 1 unspecified atom stereocenters. The van der Waals surface area contributed by atoms with Crippen LogP contribution in [0.3, 0.4) is 0 Å². The first-order valence-corrected chi connectivity index (χ1v) is 12.3. The molecule has 1 atom stereocenters. The summed E-state index contributed by atoms with van der Waals surface area (Å²) in [5.41, 5.74) is 2.46. The molecule has 5 rings (SSSR count). The SMILES string of the molecule is Cn1c(C(=O)OC(C)(C)C)cnc1CN1CCC(n2c(=O)n(Cc3ccccc3)c3cccnc32)C1. The number of hydrogen-bond acceptors (Lipinski definition) is 6. The standard InChI is InChI=1S/C27H32N6O3/c1-27(2,3)36-25(34)22-15-29-23(30(22)4)18-31-14-12-20(17-31)33-24-21(11-8-13-28-24)32(26(33)35)16-19-9-6-5-7-10-19/h5-11,13,15,20H,12,14,16-18H2,1-4H3. The second-order valence-corrected chi connectivity index (χ2v) is 10.4. The van der Waals surface area contributed by atoms with Gasteiger partial charge in [-0.25, -0.2) is 19.6 Å². The van der Waals surface area contributed by atoms with Gasteiger partial charge in [-0.2, -0.15) is 0 Å². The minimum Gasteiger partial charge on any atom is -0.455 e. The predicted octanol–water partition coefficient (Wildman–Crippen LogP) is 3.38. The van der Waals surface area contributed by atoms with E-state index < -0.39 is 5.60 Å². The fourth-order valence-electron chi connectivity index (χ4n) is 4.84. The van der Waals surface area contributed by atoms with Crippen molar-refractivity contribution in [3.8, 4) is 0 Å². The summed E-state index contributed by atoms with van der Waals surface area (Å²) in [5.74, 6) is 0.403. The van der Waals surface area contributed by atoms with E-state index in [-0.39, 0.29) is 17.7 Å². The lowest BCUT2D eigenvalue weighted by Crippen LogP contribution is -2.30. The molecule has 9 heteroatoms. The quantitative estimate of drug-likeness (QED) is 0.387. The van der Waals surface area contributed by atoms with E-state index in [4.69, 9.17) is 4.74 Å². The highest BCUT2D eigenvalue weighted by Crippen LogP contribution is 2.26. The number of carbonyl (C=O) groups excluding carboxylic acids is 1. The van der Waals surface area contributed by atoms with Crippen LogP contribution in [-0.2, 0) is 24.9 Å². The minimum atomic E-state index is -0.565. The van der Waals surface area contributed by atoms with Crippen molar-refractivity contribution in [1.29, 1.82) is 0 Å². The monoisotopic (exact) mass is 488 g/mol. The number of aromatic nitrogens is 5. The molecule has 3 aromatic heterocycles. The summed E-state index contributed by atoms with van der Waals surface area (Å²) in [7, 11) is 1.83. The van der Waals surface area contributed by atoms with Gasteiger partial charge in [0.1, 0.15) is 17.1 Å². The molecule has 0 saturated carbocycles. The van der Waals surface area contributed by atoms with Gasteiger partial charge in [0.15, 0.2) is 5.65 Å². The van der Waals surface area contributed by atoms with Gasteiger partial charge < -0.3 is 9.30 Å². The van der Waals surface area contributed by atoms with Crippen LogP contribution in [0, 0.1) is 0 Å². The third kappa shape index (κ3) is 4.70. The molecule has 4 aromatic rings. The average Bonchev–Trinajstić information content (AvgIpc) is 3.51. The summed E-state index contributed by atoms with van der Waals surface area (Å²) < 4.78 is 11.0. The zero-order valence-corrected chi connectivity index (χ0v) is 21.2. The van der Waals surface area contributed by atoms with Gasteiger partial charge in [-0.1, -0.05) is 30.3 Å². The van der Waals surface area contributed by atoms with Crippen molar-refractivity contribution in [2.24, 2.45) is 7.05 Å². The fraction of sp³-hybridized carbons (Fsp3) is 0.407. The first-order chi connectivity index (χ1) is 17.2. The first-order valence-electron chi connectivity index (χ1n) is 12.3. The van der Waals surface area contributed by atoms with Crippen LogP contribution in [0.2, 0.25) is 0 Å². The number of esters is 1. The molecule has 9 nitrogen and oxygen atoms in total. The molecule has 1 fully saturated rings. The first kappa shape index (κ1) is 24.0. The van der Waals surface area contributed by atoms with Crippen LogP contribution in [0.5, 0.6) is 0 Å². The van der Waals surface area contributed by atoms with E-state index >= 15 is 0 Å². The lowest BCUT2D eigenvalue weighted by Gasteiger charge is -2.20. The summed E-state index contributed by atoms with van der Waals surface area (Å²) in [5, 5.41) is 0.